The summed E-state index contributed by atoms with van der Waals surface area (Å²) in [5, 5.41) is 6.20. The van der Waals surface area contributed by atoms with Crippen LogP contribution in [0.2, 0.25) is 0 Å². The second-order valence-corrected chi connectivity index (χ2v) is 6.64. The molecule has 2 aromatic heterocycles. The molecule has 5 heteroatoms. The molecule has 4 nitrogen and oxygen atoms in total. The summed E-state index contributed by atoms with van der Waals surface area (Å²) in [7, 11) is 0. The van der Waals surface area contributed by atoms with Crippen molar-refractivity contribution in [2.75, 3.05) is 0 Å². The van der Waals surface area contributed by atoms with Gasteiger partial charge in [-0.3, -0.25) is 4.79 Å². The summed E-state index contributed by atoms with van der Waals surface area (Å²) in [6.07, 6.45) is 0. The molecule has 124 valence electrons. The fourth-order valence-corrected chi connectivity index (χ4v) is 3.70. The van der Waals surface area contributed by atoms with E-state index in [4.69, 9.17) is 4.42 Å². The van der Waals surface area contributed by atoms with Gasteiger partial charge in [0, 0.05) is 16.8 Å². The number of nitrogens with zero attached hydrogens (tertiary/aromatic N) is 1. The summed E-state index contributed by atoms with van der Waals surface area (Å²) >= 11 is 1.68. The highest BCUT2D eigenvalue weighted by molar-refractivity contribution is 7.17. The van der Waals surface area contributed by atoms with E-state index >= 15 is 0 Å². The van der Waals surface area contributed by atoms with Crippen molar-refractivity contribution in [3.8, 4) is 11.5 Å². The summed E-state index contributed by atoms with van der Waals surface area (Å²) in [5.74, 6) is 0.759. The number of rotatable bonds is 4. The molecule has 4 rings (SSSR count). The normalized spacial score (nSPS) is 10.9. The first-order valence-electron chi connectivity index (χ1n) is 7.98. The van der Waals surface area contributed by atoms with E-state index in [1.807, 2.05) is 42.5 Å². The Labute approximate surface area is 149 Å². The van der Waals surface area contributed by atoms with E-state index in [9.17, 15) is 4.79 Å². The van der Waals surface area contributed by atoms with E-state index in [-0.39, 0.29) is 5.91 Å². The molecule has 1 amide bonds. The monoisotopic (exact) mass is 348 g/mol. The number of aromatic nitrogens is 1. The lowest BCUT2D eigenvalue weighted by Crippen LogP contribution is -2.23. The topological polar surface area (TPSA) is 55.1 Å². The maximum Gasteiger partial charge on any atom is 0.273 e. The number of carbonyl (C=O) groups excluding carboxylic acids is 1. The standard InChI is InChI=1S/C20H16N2O2S/c1-13-18(22-20(24-13)14-7-3-2-4-8-14)19(23)21-11-15-12-25-17-10-6-5-9-16(15)17/h2-10,12H,11H2,1H3,(H,21,23). The van der Waals surface area contributed by atoms with Crippen LogP contribution in [0.25, 0.3) is 21.5 Å². The third-order valence-corrected chi connectivity index (χ3v) is 5.05. The first-order chi connectivity index (χ1) is 12.2. The van der Waals surface area contributed by atoms with Gasteiger partial charge >= 0.3 is 0 Å². The van der Waals surface area contributed by atoms with Crippen molar-refractivity contribution in [1.29, 1.82) is 0 Å². The van der Waals surface area contributed by atoms with Gasteiger partial charge in [0.1, 0.15) is 5.76 Å². The van der Waals surface area contributed by atoms with Gasteiger partial charge in [-0.1, -0.05) is 36.4 Å². The lowest BCUT2D eigenvalue weighted by atomic mass is 10.2. The molecule has 0 unspecified atom stereocenters. The van der Waals surface area contributed by atoms with Crippen LogP contribution in [0.1, 0.15) is 21.8 Å². The Morgan fingerprint density at radius 3 is 2.72 bits per heavy atom. The summed E-state index contributed by atoms with van der Waals surface area (Å²) in [4.78, 5) is 16.9. The van der Waals surface area contributed by atoms with Crippen LogP contribution in [0.15, 0.2) is 64.4 Å². The SMILES string of the molecule is Cc1oc(-c2ccccc2)nc1C(=O)NCc1csc2ccccc12. The van der Waals surface area contributed by atoms with Crippen LogP contribution in [0.4, 0.5) is 0 Å². The maximum absolute atomic E-state index is 12.5. The Morgan fingerprint density at radius 1 is 1.12 bits per heavy atom. The summed E-state index contributed by atoms with van der Waals surface area (Å²) < 4.78 is 6.88. The van der Waals surface area contributed by atoms with Crippen LogP contribution in [0, 0.1) is 6.92 Å². The van der Waals surface area contributed by atoms with Crippen molar-refractivity contribution in [3.63, 3.8) is 0 Å². The molecule has 2 heterocycles. The predicted molar refractivity (Wildman–Crippen MR) is 99.7 cm³/mol. The summed E-state index contributed by atoms with van der Waals surface area (Å²) in [6, 6.07) is 17.8. The highest BCUT2D eigenvalue weighted by Gasteiger charge is 2.18. The zero-order chi connectivity index (χ0) is 17.2. The number of amides is 1. The van der Waals surface area contributed by atoms with Gasteiger partial charge in [-0.05, 0) is 41.5 Å². The second kappa shape index (κ2) is 6.53. The zero-order valence-electron chi connectivity index (χ0n) is 13.7. The first kappa shape index (κ1) is 15.6. The molecular weight excluding hydrogens is 332 g/mol. The molecule has 0 aliphatic heterocycles. The largest absolute Gasteiger partial charge is 0.441 e. The van der Waals surface area contributed by atoms with E-state index in [0.29, 0.717) is 23.9 Å². The van der Waals surface area contributed by atoms with Crippen molar-refractivity contribution >= 4 is 27.3 Å². The smallest absolute Gasteiger partial charge is 0.273 e. The fraction of sp³-hybridized carbons (Fsp3) is 0.100. The third-order valence-electron chi connectivity index (χ3n) is 4.03. The van der Waals surface area contributed by atoms with E-state index in [1.54, 1.807) is 18.3 Å². The molecule has 0 radical (unpaired) electrons. The summed E-state index contributed by atoms with van der Waals surface area (Å²) in [6.45, 7) is 2.23. The minimum atomic E-state index is -0.223. The van der Waals surface area contributed by atoms with Crippen LogP contribution < -0.4 is 5.32 Å². The quantitative estimate of drug-likeness (QED) is 0.577. The van der Waals surface area contributed by atoms with Crippen LogP contribution in [-0.2, 0) is 6.54 Å². The number of hydrogen-bond donors (Lipinski definition) is 1. The first-order valence-corrected chi connectivity index (χ1v) is 8.86. The Kier molecular flexibility index (Phi) is 4.07. The van der Waals surface area contributed by atoms with Crippen LogP contribution >= 0.6 is 11.3 Å². The molecule has 0 spiro atoms. The number of benzene rings is 2. The van der Waals surface area contributed by atoms with Gasteiger partial charge < -0.3 is 9.73 Å². The molecule has 0 bridgehead atoms. The summed E-state index contributed by atoms with van der Waals surface area (Å²) in [5.41, 5.74) is 2.30. The lowest BCUT2D eigenvalue weighted by Gasteiger charge is -2.02. The number of hydrogen-bond acceptors (Lipinski definition) is 4. The lowest BCUT2D eigenvalue weighted by molar-refractivity contribution is 0.0945. The second-order valence-electron chi connectivity index (χ2n) is 5.73. The number of fused-ring (bicyclic) bond motifs is 1. The number of nitrogens with one attached hydrogen (secondary N) is 1. The van der Waals surface area contributed by atoms with Crippen molar-refractivity contribution in [2.45, 2.75) is 13.5 Å². The minimum Gasteiger partial charge on any atom is -0.441 e. The maximum atomic E-state index is 12.5. The molecular formula is C20H16N2O2S. The molecule has 2 aromatic carbocycles. The molecule has 0 aliphatic rings. The third kappa shape index (κ3) is 3.06. The Balaban J connectivity index is 1.53. The Bertz CT molecular complexity index is 1030. The van der Waals surface area contributed by atoms with Gasteiger partial charge in [0.15, 0.2) is 5.69 Å². The highest BCUT2D eigenvalue weighted by atomic mass is 32.1. The average molecular weight is 348 g/mol. The number of oxazole rings is 1. The zero-order valence-corrected chi connectivity index (χ0v) is 14.5. The fourth-order valence-electron chi connectivity index (χ4n) is 2.74. The van der Waals surface area contributed by atoms with Crippen molar-refractivity contribution in [2.24, 2.45) is 0 Å². The van der Waals surface area contributed by atoms with E-state index in [2.05, 4.69) is 27.8 Å². The van der Waals surface area contributed by atoms with Gasteiger partial charge in [-0.25, -0.2) is 4.98 Å². The average Bonchev–Trinajstić information content (AvgIpc) is 3.24. The van der Waals surface area contributed by atoms with E-state index in [0.717, 1.165) is 11.1 Å². The number of aryl methyl sites for hydroxylation is 1. The molecule has 0 atom stereocenters. The molecule has 0 saturated heterocycles. The van der Waals surface area contributed by atoms with Gasteiger partial charge in [0.25, 0.3) is 5.91 Å². The van der Waals surface area contributed by atoms with Crippen LogP contribution in [0.3, 0.4) is 0 Å². The molecule has 4 aromatic rings. The van der Waals surface area contributed by atoms with Crippen molar-refractivity contribution < 1.29 is 9.21 Å². The predicted octanol–water partition coefficient (Wildman–Crippen LogP) is 4.79. The van der Waals surface area contributed by atoms with Crippen LogP contribution in [-0.4, -0.2) is 10.9 Å². The molecule has 0 aliphatic carbocycles. The van der Waals surface area contributed by atoms with E-state index < -0.39 is 0 Å². The van der Waals surface area contributed by atoms with Crippen LogP contribution in [0.5, 0.6) is 0 Å². The molecule has 25 heavy (non-hydrogen) atoms. The Morgan fingerprint density at radius 2 is 1.88 bits per heavy atom. The Hall–Kier alpha value is -2.92. The highest BCUT2D eigenvalue weighted by Crippen LogP contribution is 2.26. The number of carbonyl (C=O) groups is 1. The van der Waals surface area contributed by atoms with Gasteiger partial charge in [-0.2, -0.15) is 0 Å². The van der Waals surface area contributed by atoms with Gasteiger partial charge in [0.2, 0.25) is 5.89 Å². The molecule has 1 N–H and O–H groups in total. The molecule has 0 fully saturated rings. The van der Waals surface area contributed by atoms with Gasteiger partial charge in [-0.15, -0.1) is 11.3 Å². The van der Waals surface area contributed by atoms with Gasteiger partial charge in [0.05, 0.1) is 0 Å². The van der Waals surface area contributed by atoms with Crippen molar-refractivity contribution in [1.82, 2.24) is 10.3 Å². The number of thiophene rings is 1. The molecule has 0 saturated carbocycles. The van der Waals surface area contributed by atoms with Crippen molar-refractivity contribution in [3.05, 3.63) is 77.0 Å². The van der Waals surface area contributed by atoms with E-state index in [1.165, 1.54) is 10.1 Å². The minimum absolute atomic E-state index is 0.223.